The van der Waals surface area contributed by atoms with Gasteiger partial charge in [0.05, 0.1) is 5.92 Å². The molecular weight excluding hydrogens is 168 g/mol. The van der Waals surface area contributed by atoms with E-state index in [1.807, 2.05) is 0 Å². The second-order valence-corrected chi connectivity index (χ2v) is 4.62. The van der Waals surface area contributed by atoms with E-state index in [0.717, 1.165) is 19.3 Å². The summed E-state index contributed by atoms with van der Waals surface area (Å²) in [5.74, 6) is 4.28. The number of hydrazine groups is 1. The van der Waals surface area contributed by atoms with Crippen molar-refractivity contribution in [3.8, 4) is 0 Å². The summed E-state index contributed by atoms with van der Waals surface area (Å²) < 4.78 is 0. The molecule has 1 saturated carbocycles. The van der Waals surface area contributed by atoms with Crippen LogP contribution in [0, 0.1) is 11.3 Å². The number of hydrogen-bond acceptors (Lipinski definition) is 3. The van der Waals surface area contributed by atoms with Crippen LogP contribution >= 0.6 is 0 Å². The van der Waals surface area contributed by atoms with Crippen molar-refractivity contribution in [1.82, 2.24) is 5.43 Å². The summed E-state index contributed by atoms with van der Waals surface area (Å²) >= 11 is 0. The van der Waals surface area contributed by atoms with Crippen molar-refractivity contribution in [1.29, 1.82) is 0 Å². The van der Waals surface area contributed by atoms with Crippen molar-refractivity contribution >= 4 is 5.97 Å². The van der Waals surface area contributed by atoms with Gasteiger partial charge in [0.2, 0.25) is 0 Å². The lowest BCUT2D eigenvalue weighted by molar-refractivity contribution is -0.144. The number of hydrogen-bond donors (Lipinski definition) is 3. The summed E-state index contributed by atoms with van der Waals surface area (Å²) in [5.41, 5.74) is 2.82. The molecule has 4 heteroatoms. The largest absolute Gasteiger partial charge is 0.481 e. The molecule has 13 heavy (non-hydrogen) atoms. The summed E-state index contributed by atoms with van der Waals surface area (Å²) in [7, 11) is 0. The van der Waals surface area contributed by atoms with Crippen LogP contribution in [0.2, 0.25) is 0 Å². The molecule has 4 nitrogen and oxygen atoms in total. The third-order valence-electron chi connectivity index (χ3n) is 2.92. The molecule has 0 saturated heterocycles. The van der Waals surface area contributed by atoms with Gasteiger partial charge >= 0.3 is 5.97 Å². The maximum absolute atomic E-state index is 10.8. The monoisotopic (exact) mass is 186 g/mol. The maximum Gasteiger partial charge on any atom is 0.308 e. The van der Waals surface area contributed by atoms with E-state index in [9.17, 15) is 4.79 Å². The first kappa shape index (κ1) is 10.5. The van der Waals surface area contributed by atoms with Crippen LogP contribution < -0.4 is 11.3 Å². The second kappa shape index (κ2) is 3.64. The number of rotatable bonds is 2. The van der Waals surface area contributed by atoms with Crippen LogP contribution in [0.15, 0.2) is 0 Å². The highest BCUT2D eigenvalue weighted by Crippen LogP contribution is 2.37. The Hall–Kier alpha value is -0.610. The highest BCUT2D eigenvalue weighted by Gasteiger charge is 2.37. The normalized spacial score (nSPS) is 32.8. The van der Waals surface area contributed by atoms with Crippen LogP contribution in [0.5, 0.6) is 0 Å². The predicted molar refractivity (Wildman–Crippen MR) is 49.9 cm³/mol. The zero-order valence-corrected chi connectivity index (χ0v) is 8.21. The fourth-order valence-electron chi connectivity index (χ4n) is 2.06. The van der Waals surface area contributed by atoms with Gasteiger partial charge in [-0.1, -0.05) is 13.8 Å². The molecule has 0 aromatic rings. The molecule has 0 heterocycles. The Labute approximate surface area is 78.5 Å². The molecule has 0 bridgehead atoms. The molecule has 76 valence electrons. The molecule has 4 N–H and O–H groups in total. The van der Waals surface area contributed by atoms with Gasteiger partial charge in [-0.25, -0.2) is 0 Å². The molecule has 0 aliphatic heterocycles. The predicted octanol–water partition coefficient (Wildman–Crippen LogP) is 0.729. The zero-order valence-electron chi connectivity index (χ0n) is 8.21. The van der Waals surface area contributed by atoms with Crippen molar-refractivity contribution in [2.45, 2.75) is 39.2 Å². The standard InChI is InChI=1S/C9H18N2O2/c1-9(2)4-3-6(8(12)13)7(5-9)11-10/h6-7,11H,3-5,10H2,1-2H3,(H,12,13). The van der Waals surface area contributed by atoms with Gasteiger partial charge in [-0.05, 0) is 24.7 Å². The van der Waals surface area contributed by atoms with Gasteiger partial charge in [-0.15, -0.1) is 0 Å². The third kappa shape index (κ3) is 2.42. The van der Waals surface area contributed by atoms with Crippen molar-refractivity contribution < 1.29 is 9.90 Å². The Morgan fingerprint density at radius 1 is 1.62 bits per heavy atom. The van der Waals surface area contributed by atoms with Gasteiger partial charge in [0.25, 0.3) is 0 Å². The van der Waals surface area contributed by atoms with Gasteiger partial charge < -0.3 is 5.11 Å². The fourth-order valence-corrected chi connectivity index (χ4v) is 2.06. The van der Waals surface area contributed by atoms with Crippen molar-refractivity contribution in [2.24, 2.45) is 17.2 Å². The van der Waals surface area contributed by atoms with E-state index in [4.69, 9.17) is 10.9 Å². The van der Waals surface area contributed by atoms with Crippen molar-refractivity contribution in [2.75, 3.05) is 0 Å². The molecule has 1 fully saturated rings. The minimum atomic E-state index is -0.738. The molecule has 0 amide bonds. The molecule has 2 atom stereocenters. The first-order valence-corrected chi connectivity index (χ1v) is 4.65. The summed E-state index contributed by atoms with van der Waals surface area (Å²) in [6.45, 7) is 4.30. The topological polar surface area (TPSA) is 75.3 Å². The number of carboxylic acids is 1. The van der Waals surface area contributed by atoms with Gasteiger partial charge in [0.1, 0.15) is 0 Å². The average Bonchev–Trinajstić information content (AvgIpc) is 2.01. The van der Waals surface area contributed by atoms with Crippen LogP contribution in [0.25, 0.3) is 0 Å². The maximum atomic E-state index is 10.8. The Balaban J connectivity index is 2.66. The first-order chi connectivity index (χ1) is 5.96. The van der Waals surface area contributed by atoms with E-state index < -0.39 is 5.97 Å². The number of carboxylic acid groups (broad SMARTS) is 1. The molecule has 1 rings (SSSR count). The number of carbonyl (C=O) groups is 1. The van der Waals surface area contributed by atoms with Gasteiger partial charge in [-0.2, -0.15) is 0 Å². The second-order valence-electron chi connectivity index (χ2n) is 4.62. The summed E-state index contributed by atoms with van der Waals surface area (Å²) in [6, 6.07) is -0.0822. The van der Waals surface area contributed by atoms with E-state index in [2.05, 4.69) is 19.3 Å². The Morgan fingerprint density at radius 3 is 2.69 bits per heavy atom. The van der Waals surface area contributed by atoms with E-state index >= 15 is 0 Å². The van der Waals surface area contributed by atoms with Crippen LogP contribution in [-0.2, 0) is 4.79 Å². The minimum absolute atomic E-state index is 0.0822. The number of aliphatic carboxylic acids is 1. The Morgan fingerprint density at radius 2 is 2.23 bits per heavy atom. The lowest BCUT2D eigenvalue weighted by Crippen LogP contribution is -2.49. The van der Waals surface area contributed by atoms with Crippen LogP contribution in [0.1, 0.15) is 33.1 Å². The molecule has 0 aromatic heterocycles. The summed E-state index contributed by atoms with van der Waals surface area (Å²) in [6.07, 6.45) is 2.51. The quantitative estimate of drug-likeness (QED) is 0.439. The minimum Gasteiger partial charge on any atom is -0.481 e. The third-order valence-corrected chi connectivity index (χ3v) is 2.92. The van der Waals surface area contributed by atoms with Gasteiger partial charge in [0.15, 0.2) is 0 Å². The lowest BCUT2D eigenvalue weighted by Gasteiger charge is -2.38. The van der Waals surface area contributed by atoms with Gasteiger partial charge in [-0.3, -0.25) is 16.1 Å². The highest BCUT2D eigenvalue weighted by molar-refractivity contribution is 5.71. The molecule has 0 spiro atoms. The van der Waals surface area contributed by atoms with Crippen LogP contribution in [0.3, 0.4) is 0 Å². The molecular formula is C9H18N2O2. The smallest absolute Gasteiger partial charge is 0.308 e. The fraction of sp³-hybridized carbons (Fsp3) is 0.889. The number of nitrogens with one attached hydrogen (secondary N) is 1. The highest BCUT2D eigenvalue weighted by atomic mass is 16.4. The zero-order chi connectivity index (χ0) is 10.1. The average molecular weight is 186 g/mol. The molecule has 1 aliphatic carbocycles. The van der Waals surface area contributed by atoms with Gasteiger partial charge in [0, 0.05) is 6.04 Å². The SMILES string of the molecule is CC1(C)CCC(C(=O)O)C(NN)C1. The van der Waals surface area contributed by atoms with Crippen LogP contribution in [-0.4, -0.2) is 17.1 Å². The molecule has 0 aromatic carbocycles. The molecule has 2 unspecified atom stereocenters. The van der Waals surface area contributed by atoms with E-state index in [-0.39, 0.29) is 17.4 Å². The Bertz CT molecular complexity index is 204. The first-order valence-electron chi connectivity index (χ1n) is 4.65. The van der Waals surface area contributed by atoms with E-state index in [1.165, 1.54) is 0 Å². The summed E-state index contributed by atoms with van der Waals surface area (Å²) in [4.78, 5) is 10.8. The summed E-state index contributed by atoms with van der Waals surface area (Å²) in [5, 5.41) is 8.91. The molecule has 1 aliphatic rings. The van der Waals surface area contributed by atoms with E-state index in [1.54, 1.807) is 0 Å². The Kier molecular flexibility index (Phi) is 2.93. The lowest BCUT2D eigenvalue weighted by atomic mass is 9.70. The van der Waals surface area contributed by atoms with Crippen molar-refractivity contribution in [3.63, 3.8) is 0 Å². The number of nitrogens with two attached hydrogens (primary N) is 1. The van der Waals surface area contributed by atoms with E-state index in [0.29, 0.717) is 0 Å². The van der Waals surface area contributed by atoms with Crippen molar-refractivity contribution in [3.05, 3.63) is 0 Å². The molecule has 0 radical (unpaired) electrons. The van der Waals surface area contributed by atoms with Crippen LogP contribution in [0.4, 0.5) is 0 Å².